The molecule has 0 spiro atoms. The fourth-order valence-corrected chi connectivity index (χ4v) is 2.88. The van der Waals surface area contributed by atoms with Crippen molar-refractivity contribution in [1.82, 2.24) is 15.1 Å². The minimum Gasteiger partial charge on any atom is -0.428 e. The van der Waals surface area contributed by atoms with Gasteiger partial charge >= 0.3 is 0 Å². The molecule has 19 heavy (non-hydrogen) atoms. The van der Waals surface area contributed by atoms with Crippen LogP contribution < -0.4 is 0 Å². The lowest BCUT2D eigenvalue weighted by Crippen LogP contribution is -2.43. The van der Waals surface area contributed by atoms with Gasteiger partial charge < -0.3 is 9.32 Å². The lowest BCUT2D eigenvalue weighted by molar-refractivity contribution is -0.132. The molecule has 0 unspecified atom stereocenters. The van der Waals surface area contributed by atoms with Gasteiger partial charge in [0.05, 0.1) is 0 Å². The van der Waals surface area contributed by atoms with Crippen molar-refractivity contribution in [2.45, 2.75) is 43.8 Å². The van der Waals surface area contributed by atoms with Crippen molar-refractivity contribution >= 4 is 17.7 Å². The maximum Gasteiger partial charge on any atom is 0.222 e. The Morgan fingerprint density at radius 1 is 1.53 bits per heavy atom. The summed E-state index contributed by atoms with van der Waals surface area (Å²) in [6, 6.07) is 0. The molecule has 1 aromatic rings. The molecule has 0 saturated carbocycles. The summed E-state index contributed by atoms with van der Waals surface area (Å²) in [6.45, 7) is 4.06. The third kappa shape index (κ3) is 3.96. The highest BCUT2D eigenvalue weighted by Gasteiger charge is 2.30. The van der Waals surface area contributed by atoms with Gasteiger partial charge in [-0.1, -0.05) is 6.92 Å². The third-order valence-electron chi connectivity index (χ3n) is 3.85. The van der Waals surface area contributed by atoms with Gasteiger partial charge in [-0.05, 0) is 25.5 Å². The van der Waals surface area contributed by atoms with Crippen LogP contribution >= 0.6 is 11.8 Å². The average Bonchev–Trinajstić information content (AvgIpc) is 2.92. The zero-order valence-corrected chi connectivity index (χ0v) is 12.4. The molecule has 1 amide bonds. The summed E-state index contributed by atoms with van der Waals surface area (Å²) in [5.41, 5.74) is 0. The van der Waals surface area contributed by atoms with Crippen LogP contribution in [0.2, 0.25) is 0 Å². The first-order chi connectivity index (χ1) is 9.13. The summed E-state index contributed by atoms with van der Waals surface area (Å²) in [5, 5.41) is 7.43. The number of rotatable bonds is 5. The second kappa shape index (κ2) is 6.41. The average molecular weight is 283 g/mol. The van der Waals surface area contributed by atoms with E-state index < -0.39 is 0 Å². The first kappa shape index (κ1) is 14.4. The molecule has 1 saturated heterocycles. The number of nitrogens with zero attached hydrogens (tertiary/aromatic N) is 3. The van der Waals surface area contributed by atoms with Gasteiger partial charge in [0.2, 0.25) is 18.2 Å². The number of hydrogen-bond acceptors (Lipinski definition) is 5. The number of carbonyl (C=O) groups excluding carboxylic acids is 1. The van der Waals surface area contributed by atoms with Crippen molar-refractivity contribution in [3.05, 3.63) is 12.3 Å². The molecule has 5 nitrogen and oxygen atoms in total. The maximum atomic E-state index is 12.1. The Kier molecular flexibility index (Phi) is 4.85. The van der Waals surface area contributed by atoms with Crippen LogP contribution in [-0.4, -0.2) is 45.1 Å². The molecule has 0 radical (unpaired) electrons. The Bertz CT molecular complexity index is 400. The highest BCUT2D eigenvalue weighted by molar-refractivity contribution is 7.99. The normalized spacial score (nSPS) is 18.5. The minimum absolute atomic E-state index is 0.252. The second-order valence-corrected chi connectivity index (χ2v) is 6.61. The Morgan fingerprint density at radius 2 is 2.26 bits per heavy atom. The SMILES string of the molecule is CSC1(C)CCN(C(=O)CCCc2nnco2)CC1. The maximum absolute atomic E-state index is 12.1. The van der Waals surface area contributed by atoms with Crippen molar-refractivity contribution in [1.29, 1.82) is 0 Å². The lowest BCUT2D eigenvalue weighted by atomic mass is 9.97. The topological polar surface area (TPSA) is 59.2 Å². The molecule has 0 aliphatic carbocycles. The van der Waals surface area contributed by atoms with E-state index in [0.717, 1.165) is 32.4 Å². The fourth-order valence-electron chi connectivity index (χ4n) is 2.29. The van der Waals surface area contributed by atoms with Crippen molar-refractivity contribution in [2.24, 2.45) is 0 Å². The van der Waals surface area contributed by atoms with Gasteiger partial charge in [0, 0.05) is 30.7 Å². The first-order valence-electron chi connectivity index (χ1n) is 6.71. The number of likely N-dealkylation sites (tertiary alicyclic amines) is 1. The molecule has 1 aliphatic rings. The van der Waals surface area contributed by atoms with Gasteiger partial charge in [-0.3, -0.25) is 4.79 Å². The largest absolute Gasteiger partial charge is 0.428 e. The lowest BCUT2D eigenvalue weighted by Gasteiger charge is -2.38. The van der Waals surface area contributed by atoms with E-state index in [0.29, 0.717) is 23.5 Å². The Balaban J connectivity index is 1.70. The van der Waals surface area contributed by atoms with Crippen LogP contribution in [0.3, 0.4) is 0 Å². The van der Waals surface area contributed by atoms with Gasteiger partial charge in [0.1, 0.15) is 0 Å². The van der Waals surface area contributed by atoms with Crippen LogP contribution in [0.25, 0.3) is 0 Å². The Labute approximate surface area is 118 Å². The third-order valence-corrected chi connectivity index (χ3v) is 5.25. The number of piperidine rings is 1. The van der Waals surface area contributed by atoms with Crippen molar-refractivity contribution in [2.75, 3.05) is 19.3 Å². The summed E-state index contributed by atoms with van der Waals surface area (Å²) >= 11 is 1.91. The van der Waals surface area contributed by atoms with Crippen molar-refractivity contribution in [3.63, 3.8) is 0 Å². The molecule has 2 rings (SSSR count). The molecule has 6 heteroatoms. The zero-order valence-electron chi connectivity index (χ0n) is 11.6. The van der Waals surface area contributed by atoms with Crippen LogP contribution in [0, 0.1) is 0 Å². The van der Waals surface area contributed by atoms with Crippen molar-refractivity contribution in [3.8, 4) is 0 Å². The van der Waals surface area contributed by atoms with Crippen LogP contribution in [0.1, 0.15) is 38.5 Å². The monoisotopic (exact) mass is 283 g/mol. The summed E-state index contributed by atoms with van der Waals surface area (Å²) in [7, 11) is 0. The van der Waals surface area contributed by atoms with Gasteiger partial charge in [0.25, 0.3) is 0 Å². The van der Waals surface area contributed by atoms with Crippen LogP contribution in [-0.2, 0) is 11.2 Å². The number of carbonyl (C=O) groups is 1. The molecule has 0 aromatic carbocycles. The van der Waals surface area contributed by atoms with E-state index >= 15 is 0 Å². The van der Waals surface area contributed by atoms with E-state index in [4.69, 9.17) is 4.42 Å². The molecule has 0 N–H and O–H groups in total. The molecular weight excluding hydrogens is 262 g/mol. The second-order valence-electron chi connectivity index (χ2n) is 5.22. The molecule has 0 bridgehead atoms. The van der Waals surface area contributed by atoms with Gasteiger partial charge in [-0.15, -0.1) is 10.2 Å². The molecular formula is C13H21N3O2S. The van der Waals surface area contributed by atoms with Gasteiger partial charge in [-0.25, -0.2) is 0 Å². The van der Waals surface area contributed by atoms with E-state index in [-0.39, 0.29) is 5.91 Å². The Hall–Kier alpha value is -1.04. The number of amides is 1. The van der Waals surface area contributed by atoms with E-state index in [1.165, 1.54) is 6.39 Å². The summed E-state index contributed by atoms with van der Waals surface area (Å²) in [5.74, 6) is 0.865. The number of thioether (sulfide) groups is 1. The summed E-state index contributed by atoms with van der Waals surface area (Å²) in [4.78, 5) is 14.1. The molecule has 1 aromatic heterocycles. The highest BCUT2D eigenvalue weighted by Crippen LogP contribution is 2.33. The van der Waals surface area contributed by atoms with Crippen LogP contribution in [0.5, 0.6) is 0 Å². The predicted octanol–water partition coefficient (Wildman–Crippen LogP) is 2.14. The zero-order chi connectivity index (χ0) is 13.7. The first-order valence-corrected chi connectivity index (χ1v) is 7.93. The quantitative estimate of drug-likeness (QED) is 0.828. The molecule has 106 valence electrons. The fraction of sp³-hybridized carbons (Fsp3) is 0.769. The number of aromatic nitrogens is 2. The van der Waals surface area contributed by atoms with Crippen molar-refractivity contribution < 1.29 is 9.21 Å². The number of hydrogen-bond donors (Lipinski definition) is 0. The summed E-state index contributed by atoms with van der Waals surface area (Å²) in [6.07, 6.45) is 7.68. The van der Waals surface area contributed by atoms with Gasteiger partial charge in [0.15, 0.2) is 0 Å². The molecule has 0 atom stereocenters. The molecule has 2 heterocycles. The smallest absolute Gasteiger partial charge is 0.222 e. The summed E-state index contributed by atoms with van der Waals surface area (Å²) < 4.78 is 5.40. The molecule has 1 aliphatic heterocycles. The Morgan fingerprint density at radius 3 is 2.84 bits per heavy atom. The van der Waals surface area contributed by atoms with Gasteiger partial charge in [-0.2, -0.15) is 11.8 Å². The van der Waals surface area contributed by atoms with E-state index in [1.54, 1.807) is 0 Å². The van der Waals surface area contributed by atoms with Crippen LogP contribution in [0.15, 0.2) is 10.8 Å². The van der Waals surface area contributed by atoms with E-state index in [2.05, 4.69) is 23.4 Å². The van der Waals surface area contributed by atoms with E-state index in [1.807, 2.05) is 16.7 Å². The van der Waals surface area contributed by atoms with E-state index in [9.17, 15) is 4.79 Å². The minimum atomic E-state index is 0.252. The molecule has 1 fully saturated rings. The highest BCUT2D eigenvalue weighted by atomic mass is 32.2. The van der Waals surface area contributed by atoms with Crippen LogP contribution in [0.4, 0.5) is 0 Å². The standard InChI is InChI=1S/C13H21N3O2S/c1-13(19-2)6-8-16(9-7-13)12(17)5-3-4-11-15-14-10-18-11/h10H,3-9H2,1-2H3. The number of aryl methyl sites for hydroxylation is 1. The predicted molar refractivity (Wildman–Crippen MR) is 75.0 cm³/mol.